The second-order valence-corrected chi connectivity index (χ2v) is 6.36. The molecule has 1 aliphatic rings. The van der Waals surface area contributed by atoms with Gasteiger partial charge in [0.15, 0.2) is 0 Å². The summed E-state index contributed by atoms with van der Waals surface area (Å²) >= 11 is 0. The van der Waals surface area contributed by atoms with Gasteiger partial charge in [-0.05, 0) is 37.6 Å². The number of carbonyl (C=O) groups excluding carboxylic acids is 2. The molecule has 0 atom stereocenters. The summed E-state index contributed by atoms with van der Waals surface area (Å²) in [6.45, 7) is 6.35. The van der Waals surface area contributed by atoms with Gasteiger partial charge < -0.3 is 14.8 Å². The Kier molecular flexibility index (Phi) is 4.69. The Morgan fingerprint density at radius 2 is 1.75 bits per heavy atom. The fourth-order valence-corrected chi connectivity index (χ4v) is 3.14. The zero-order valence-corrected chi connectivity index (χ0v) is 14.2. The number of aromatic amines is 1. The molecule has 1 aromatic carbocycles. The molecular formula is C19H23N3O2. The number of amides is 2. The highest BCUT2D eigenvalue weighted by molar-refractivity contribution is 5.96. The topological polar surface area (TPSA) is 56.4 Å². The average Bonchev–Trinajstić information content (AvgIpc) is 3.07. The van der Waals surface area contributed by atoms with Crippen molar-refractivity contribution in [2.24, 2.45) is 0 Å². The molecule has 0 saturated carbocycles. The van der Waals surface area contributed by atoms with Crippen LogP contribution in [0.3, 0.4) is 0 Å². The number of rotatable bonds is 3. The van der Waals surface area contributed by atoms with Crippen molar-refractivity contribution < 1.29 is 9.59 Å². The third kappa shape index (κ3) is 3.50. The molecule has 0 aliphatic carbocycles. The van der Waals surface area contributed by atoms with E-state index in [4.69, 9.17) is 0 Å². The summed E-state index contributed by atoms with van der Waals surface area (Å²) < 4.78 is 0. The molecule has 0 radical (unpaired) electrons. The van der Waals surface area contributed by atoms with Crippen LogP contribution in [0.2, 0.25) is 0 Å². The summed E-state index contributed by atoms with van der Waals surface area (Å²) in [4.78, 5) is 31.7. The van der Waals surface area contributed by atoms with Crippen molar-refractivity contribution in [3.05, 3.63) is 58.9 Å². The van der Waals surface area contributed by atoms with Gasteiger partial charge in [-0.2, -0.15) is 0 Å². The minimum atomic E-state index is 0.0592. The van der Waals surface area contributed by atoms with Crippen LogP contribution in [-0.2, 0) is 11.2 Å². The first-order chi connectivity index (χ1) is 11.5. The molecule has 24 heavy (non-hydrogen) atoms. The van der Waals surface area contributed by atoms with E-state index < -0.39 is 0 Å². The van der Waals surface area contributed by atoms with Crippen LogP contribution in [0.1, 0.15) is 27.2 Å². The lowest BCUT2D eigenvalue weighted by atomic mass is 10.0. The highest BCUT2D eigenvalue weighted by Crippen LogP contribution is 2.15. The Labute approximate surface area is 142 Å². The molecule has 2 heterocycles. The lowest BCUT2D eigenvalue weighted by molar-refractivity contribution is -0.132. The number of carbonyl (C=O) groups is 2. The van der Waals surface area contributed by atoms with E-state index in [2.05, 4.69) is 4.98 Å². The number of piperazine rings is 1. The maximum atomic E-state index is 12.7. The third-order valence-corrected chi connectivity index (χ3v) is 4.54. The van der Waals surface area contributed by atoms with Gasteiger partial charge in [0.1, 0.15) is 0 Å². The summed E-state index contributed by atoms with van der Waals surface area (Å²) in [7, 11) is 0. The summed E-state index contributed by atoms with van der Waals surface area (Å²) in [5.41, 5.74) is 3.84. The average molecular weight is 325 g/mol. The summed E-state index contributed by atoms with van der Waals surface area (Å²) in [5.74, 6) is 0.167. The van der Waals surface area contributed by atoms with E-state index in [9.17, 15) is 9.59 Å². The number of benzene rings is 1. The first-order valence-corrected chi connectivity index (χ1v) is 8.31. The van der Waals surface area contributed by atoms with Crippen molar-refractivity contribution in [2.75, 3.05) is 26.2 Å². The number of nitrogens with one attached hydrogen (secondary N) is 1. The summed E-state index contributed by atoms with van der Waals surface area (Å²) in [6.07, 6.45) is 2.21. The van der Waals surface area contributed by atoms with Gasteiger partial charge in [0.25, 0.3) is 5.91 Å². The van der Waals surface area contributed by atoms with Crippen molar-refractivity contribution in [1.82, 2.24) is 14.8 Å². The number of aromatic nitrogens is 1. The Balaban J connectivity index is 1.58. The first-order valence-electron chi connectivity index (χ1n) is 8.31. The Morgan fingerprint density at radius 3 is 2.38 bits per heavy atom. The van der Waals surface area contributed by atoms with Crippen molar-refractivity contribution in [3.8, 4) is 0 Å². The molecule has 0 bridgehead atoms. The first kappa shape index (κ1) is 16.3. The van der Waals surface area contributed by atoms with E-state index in [1.165, 1.54) is 0 Å². The van der Waals surface area contributed by atoms with Crippen molar-refractivity contribution in [1.29, 1.82) is 0 Å². The lowest BCUT2D eigenvalue weighted by Crippen LogP contribution is -2.51. The minimum Gasteiger partial charge on any atom is -0.365 e. The lowest BCUT2D eigenvalue weighted by Gasteiger charge is -2.35. The molecule has 1 saturated heterocycles. The standard InChI is InChI=1S/C19H23N3O2/c1-14-5-6-17(15(2)12-14)19(24)22-10-8-21(9-11-22)18(23)13-16-4-3-7-20-16/h3-7,12,20H,8-11,13H2,1-2H3. The maximum Gasteiger partial charge on any atom is 0.254 e. The van der Waals surface area contributed by atoms with E-state index in [0.717, 1.165) is 22.4 Å². The summed E-state index contributed by atoms with van der Waals surface area (Å²) in [6, 6.07) is 9.70. The Morgan fingerprint density at radius 1 is 1.04 bits per heavy atom. The number of hydrogen-bond acceptors (Lipinski definition) is 2. The molecule has 3 rings (SSSR count). The molecule has 2 amide bonds. The maximum absolute atomic E-state index is 12.7. The number of aryl methyl sites for hydroxylation is 2. The van der Waals surface area contributed by atoms with Crippen LogP contribution < -0.4 is 0 Å². The molecule has 126 valence electrons. The number of hydrogen-bond donors (Lipinski definition) is 1. The highest BCUT2D eigenvalue weighted by Gasteiger charge is 2.25. The van der Waals surface area contributed by atoms with Crippen LogP contribution in [0.5, 0.6) is 0 Å². The van der Waals surface area contributed by atoms with E-state index in [0.29, 0.717) is 32.6 Å². The monoisotopic (exact) mass is 325 g/mol. The van der Waals surface area contributed by atoms with Crippen LogP contribution in [-0.4, -0.2) is 52.8 Å². The van der Waals surface area contributed by atoms with E-state index in [-0.39, 0.29) is 11.8 Å². The van der Waals surface area contributed by atoms with Gasteiger partial charge in [0, 0.05) is 43.6 Å². The van der Waals surface area contributed by atoms with Crippen molar-refractivity contribution in [2.45, 2.75) is 20.3 Å². The predicted octanol–water partition coefficient (Wildman–Crippen LogP) is 2.16. The summed E-state index contributed by atoms with van der Waals surface area (Å²) in [5, 5.41) is 0. The zero-order chi connectivity index (χ0) is 17.1. The molecule has 0 unspecified atom stereocenters. The molecule has 2 aromatic rings. The largest absolute Gasteiger partial charge is 0.365 e. The van der Waals surface area contributed by atoms with Gasteiger partial charge >= 0.3 is 0 Å². The number of H-pyrrole nitrogens is 1. The van der Waals surface area contributed by atoms with E-state index in [1.54, 1.807) is 0 Å². The molecule has 5 nitrogen and oxygen atoms in total. The van der Waals surface area contributed by atoms with Gasteiger partial charge in [0.05, 0.1) is 6.42 Å². The second kappa shape index (κ2) is 6.91. The van der Waals surface area contributed by atoms with E-state index >= 15 is 0 Å². The highest BCUT2D eigenvalue weighted by atomic mass is 16.2. The van der Waals surface area contributed by atoms with Gasteiger partial charge in [-0.15, -0.1) is 0 Å². The van der Waals surface area contributed by atoms with Crippen molar-refractivity contribution >= 4 is 11.8 Å². The van der Waals surface area contributed by atoms with Crippen molar-refractivity contribution in [3.63, 3.8) is 0 Å². The van der Waals surface area contributed by atoms with Gasteiger partial charge in [0.2, 0.25) is 5.91 Å². The van der Waals surface area contributed by atoms with Crippen LogP contribution in [0.15, 0.2) is 36.5 Å². The smallest absolute Gasteiger partial charge is 0.254 e. The quantitative estimate of drug-likeness (QED) is 0.940. The van der Waals surface area contributed by atoms with Gasteiger partial charge in [-0.25, -0.2) is 0 Å². The van der Waals surface area contributed by atoms with Gasteiger partial charge in [-0.3, -0.25) is 9.59 Å². The minimum absolute atomic E-state index is 0.0592. The Hall–Kier alpha value is -2.56. The molecule has 1 aromatic heterocycles. The normalized spacial score (nSPS) is 14.8. The van der Waals surface area contributed by atoms with E-state index in [1.807, 2.05) is 60.2 Å². The molecule has 1 fully saturated rings. The molecule has 5 heteroatoms. The second-order valence-electron chi connectivity index (χ2n) is 6.36. The molecule has 1 N–H and O–H groups in total. The molecule has 1 aliphatic heterocycles. The van der Waals surface area contributed by atoms with Crippen LogP contribution in [0.4, 0.5) is 0 Å². The van der Waals surface area contributed by atoms with Gasteiger partial charge in [-0.1, -0.05) is 17.7 Å². The fraction of sp³-hybridized carbons (Fsp3) is 0.368. The zero-order valence-electron chi connectivity index (χ0n) is 14.2. The molecule has 0 spiro atoms. The predicted molar refractivity (Wildman–Crippen MR) is 92.9 cm³/mol. The number of nitrogens with zero attached hydrogens (tertiary/aromatic N) is 2. The third-order valence-electron chi connectivity index (χ3n) is 4.54. The SMILES string of the molecule is Cc1ccc(C(=O)N2CCN(C(=O)Cc3ccc[nH]3)CC2)c(C)c1. The van der Waals surface area contributed by atoms with Crippen LogP contribution in [0, 0.1) is 13.8 Å². The molecular weight excluding hydrogens is 302 g/mol. The Bertz CT molecular complexity index is 729. The van der Waals surface area contributed by atoms with Crippen LogP contribution in [0.25, 0.3) is 0 Å². The fourth-order valence-electron chi connectivity index (χ4n) is 3.14. The van der Waals surface area contributed by atoms with Crippen LogP contribution >= 0.6 is 0 Å².